The molecular formula is C14H21NO2. The van der Waals surface area contributed by atoms with Gasteiger partial charge in [-0.1, -0.05) is 32.0 Å². The quantitative estimate of drug-likeness (QED) is 0.839. The number of rotatable bonds is 4. The fraction of sp³-hybridized carbons (Fsp3) is 0.500. The number of nitrogens with one attached hydrogen (secondary N) is 1. The maximum Gasteiger partial charge on any atom is 0.251 e. The van der Waals surface area contributed by atoms with Gasteiger partial charge in [0.05, 0.1) is 0 Å². The van der Waals surface area contributed by atoms with Crippen molar-refractivity contribution in [3.05, 3.63) is 34.9 Å². The van der Waals surface area contributed by atoms with Crippen LogP contribution in [0.4, 0.5) is 0 Å². The van der Waals surface area contributed by atoms with Gasteiger partial charge in [-0.2, -0.15) is 0 Å². The molecule has 17 heavy (non-hydrogen) atoms. The third kappa shape index (κ3) is 3.56. The number of hydrogen-bond acceptors (Lipinski definition) is 2. The van der Waals surface area contributed by atoms with Crippen molar-refractivity contribution in [1.29, 1.82) is 0 Å². The molecule has 0 fully saturated rings. The Balaban J connectivity index is 2.78. The normalized spacial score (nSPS) is 11.4. The molecule has 0 saturated heterocycles. The van der Waals surface area contributed by atoms with Crippen LogP contribution >= 0.6 is 0 Å². The molecule has 0 aliphatic rings. The predicted octanol–water partition coefficient (Wildman–Crippen LogP) is 2.05. The van der Waals surface area contributed by atoms with Crippen LogP contribution in [0.3, 0.4) is 0 Å². The highest BCUT2D eigenvalue weighted by Crippen LogP contribution is 2.15. The number of hydrogen-bond donors (Lipinski definition) is 2. The van der Waals surface area contributed by atoms with Gasteiger partial charge in [0.25, 0.3) is 5.91 Å². The first-order chi connectivity index (χ1) is 7.87. The van der Waals surface area contributed by atoms with Crippen LogP contribution in [0.2, 0.25) is 0 Å². The Morgan fingerprint density at radius 3 is 2.29 bits per heavy atom. The molecule has 0 unspecified atom stereocenters. The lowest BCUT2D eigenvalue weighted by Gasteiger charge is -2.22. The van der Waals surface area contributed by atoms with E-state index in [9.17, 15) is 4.79 Å². The van der Waals surface area contributed by atoms with E-state index < -0.39 is 0 Å². The van der Waals surface area contributed by atoms with Gasteiger partial charge in [0.1, 0.15) is 0 Å². The van der Waals surface area contributed by atoms with Crippen LogP contribution in [-0.4, -0.2) is 24.2 Å². The molecule has 0 spiro atoms. The molecule has 1 aromatic carbocycles. The van der Waals surface area contributed by atoms with Gasteiger partial charge >= 0.3 is 0 Å². The standard InChI is InChI=1S/C14H21NO2/c1-10-6-5-7-11(2)12(10)13(17)15-8-14(3,4)9-16/h5-7,16H,8-9H2,1-4H3,(H,15,17). The fourth-order valence-electron chi connectivity index (χ4n) is 1.64. The smallest absolute Gasteiger partial charge is 0.251 e. The number of amides is 1. The van der Waals surface area contributed by atoms with Gasteiger partial charge in [-0.25, -0.2) is 0 Å². The third-order valence-corrected chi connectivity index (χ3v) is 2.86. The van der Waals surface area contributed by atoms with Gasteiger partial charge in [0.15, 0.2) is 0 Å². The molecule has 0 radical (unpaired) electrons. The number of aryl methyl sites for hydroxylation is 2. The second kappa shape index (κ2) is 5.32. The van der Waals surface area contributed by atoms with Crippen LogP contribution in [0.15, 0.2) is 18.2 Å². The number of carbonyl (C=O) groups is 1. The van der Waals surface area contributed by atoms with Crippen molar-refractivity contribution in [3.63, 3.8) is 0 Å². The molecule has 0 aromatic heterocycles. The second-order valence-corrected chi connectivity index (χ2v) is 5.27. The van der Waals surface area contributed by atoms with E-state index in [0.29, 0.717) is 6.54 Å². The maximum atomic E-state index is 12.1. The van der Waals surface area contributed by atoms with Crippen molar-refractivity contribution in [2.75, 3.05) is 13.2 Å². The van der Waals surface area contributed by atoms with Gasteiger partial charge in [0.2, 0.25) is 0 Å². The van der Waals surface area contributed by atoms with Crippen LogP contribution in [0.5, 0.6) is 0 Å². The first-order valence-corrected chi connectivity index (χ1v) is 5.83. The summed E-state index contributed by atoms with van der Waals surface area (Å²) in [7, 11) is 0. The van der Waals surface area contributed by atoms with E-state index in [1.54, 1.807) is 0 Å². The summed E-state index contributed by atoms with van der Waals surface area (Å²) in [5.74, 6) is -0.0675. The van der Waals surface area contributed by atoms with E-state index in [-0.39, 0.29) is 17.9 Å². The highest BCUT2D eigenvalue weighted by atomic mass is 16.3. The average molecular weight is 235 g/mol. The lowest BCUT2D eigenvalue weighted by molar-refractivity contribution is 0.0910. The number of aliphatic hydroxyl groups excluding tert-OH is 1. The Hall–Kier alpha value is -1.35. The molecule has 3 nitrogen and oxygen atoms in total. The maximum absolute atomic E-state index is 12.1. The zero-order valence-corrected chi connectivity index (χ0v) is 11.0. The lowest BCUT2D eigenvalue weighted by atomic mass is 9.94. The average Bonchev–Trinajstić information content (AvgIpc) is 2.26. The molecule has 2 N–H and O–H groups in total. The van der Waals surface area contributed by atoms with Crippen LogP contribution in [0.25, 0.3) is 0 Å². The monoisotopic (exact) mass is 235 g/mol. The molecule has 0 aliphatic heterocycles. The summed E-state index contributed by atoms with van der Waals surface area (Å²) in [6, 6.07) is 5.80. The lowest BCUT2D eigenvalue weighted by Crippen LogP contribution is -2.36. The molecule has 3 heteroatoms. The Morgan fingerprint density at radius 2 is 1.82 bits per heavy atom. The Morgan fingerprint density at radius 1 is 1.29 bits per heavy atom. The van der Waals surface area contributed by atoms with Crippen LogP contribution in [-0.2, 0) is 0 Å². The SMILES string of the molecule is Cc1cccc(C)c1C(=O)NCC(C)(C)CO. The fourth-order valence-corrected chi connectivity index (χ4v) is 1.64. The molecule has 0 aliphatic carbocycles. The van der Waals surface area contributed by atoms with Gasteiger partial charge in [-0.3, -0.25) is 4.79 Å². The third-order valence-electron chi connectivity index (χ3n) is 2.86. The van der Waals surface area contributed by atoms with E-state index in [1.807, 2.05) is 45.9 Å². The Labute approximate surface area is 103 Å². The summed E-state index contributed by atoms with van der Waals surface area (Å²) in [6.45, 7) is 8.21. The van der Waals surface area contributed by atoms with Crippen molar-refractivity contribution < 1.29 is 9.90 Å². The molecule has 0 atom stereocenters. The van der Waals surface area contributed by atoms with Gasteiger partial charge < -0.3 is 10.4 Å². The summed E-state index contributed by atoms with van der Waals surface area (Å²) in [4.78, 5) is 12.1. The second-order valence-electron chi connectivity index (χ2n) is 5.27. The summed E-state index contributed by atoms with van der Waals surface area (Å²) in [6.07, 6.45) is 0. The van der Waals surface area contributed by atoms with Gasteiger partial charge in [-0.05, 0) is 25.0 Å². The van der Waals surface area contributed by atoms with E-state index >= 15 is 0 Å². The summed E-state index contributed by atoms with van der Waals surface area (Å²) < 4.78 is 0. The van der Waals surface area contributed by atoms with E-state index in [0.717, 1.165) is 16.7 Å². The van der Waals surface area contributed by atoms with Crippen LogP contribution in [0, 0.1) is 19.3 Å². The van der Waals surface area contributed by atoms with Crippen molar-refractivity contribution in [1.82, 2.24) is 5.32 Å². The molecule has 94 valence electrons. The van der Waals surface area contributed by atoms with Crippen molar-refractivity contribution in [3.8, 4) is 0 Å². The largest absolute Gasteiger partial charge is 0.396 e. The van der Waals surface area contributed by atoms with Gasteiger partial charge in [0, 0.05) is 24.1 Å². The summed E-state index contributed by atoms with van der Waals surface area (Å²) >= 11 is 0. The van der Waals surface area contributed by atoms with E-state index in [1.165, 1.54) is 0 Å². The highest BCUT2D eigenvalue weighted by molar-refractivity contribution is 5.97. The molecule has 0 heterocycles. The molecule has 1 aromatic rings. The zero-order valence-electron chi connectivity index (χ0n) is 11.0. The first kappa shape index (κ1) is 13.7. The molecule has 1 amide bonds. The van der Waals surface area contributed by atoms with Crippen molar-refractivity contribution in [2.45, 2.75) is 27.7 Å². The molecule has 1 rings (SSSR count). The predicted molar refractivity (Wildman–Crippen MR) is 69.1 cm³/mol. The van der Waals surface area contributed by atoms with Crippen LogP contribution < -0.4 is 5.32 Å². The van der Waals surface area contributed by atoms with Crippen LogP contribution in [0.1, 0.15) is 35.3 Å². The minimum absolute atomic E-state index is 0.0556. The molecular weight excluding hydrogens is 214 g/mol. The van der Waals surface area contributed by atoms with E-state index in [2.05, 4.69) is 5.32 Å². The first-order valence-electron chi connectivity index (χ1n) is 5.83. The molecule has 0 bridgehead atoms. The zero-order chi connectivity index (χ0) is 13.1. The number of carbonyl (C=O) groups excluding carboxylic acids is 1. The van der Waals surface area contributed by atoms with E-state index in [4.69, 9.17) is 5.11 Å². The summed E-state index contributed by atoms with van der Waals surface area (Å²) in [5, 5.41) is 12.0. The minimum atomic E-state index is -0.285. The van der Waals surface area contributed by atoms with Crippen molar-refractivity contribution >= 4 is 5.91 Å². The topological polar surface area (TPSA) is 49.3 Å². The minimum Gasteiger partial charge on any atom is -0.396 e. The van der Waals surface area contributed by atoms with Crippen molar-refractivity contribution in [2.24, 2.45) is 5.41 Å². The Kier molecular flexibility index (Phi) is 4.29. The Bertz CT molecular complexity index is 390. The molecule has 0 saturated carbocycles. The summed E-state index contributed by atoms with van der Waals surface area (Å²) in [5.41, 5.74) is 2.40. The number of aliphatic hydroxyl groups is 1. The highest BCUT2D eigenvalue weighted by Gasteiger charge is 2.19. The number of benzene rings is 1. The van der Waals surface area contributed by atoms with Gasteiger partial charge in [-0.15, -0.1) is 0 Å².